The minimum absolute atomic E-state index is 0. The molecule has 1 aromatic rings. The van der Waals surface area contributed by atoms with Gasteiger partial charge >= 0.3 is 18.9 Å². The Morgan fingerprint density at radius 2 is 1.96 bits per heavy atom. The zero-order valence-electron chi connectivity index (χ0n) is 16.9. The van der Waals surface area contributed by atoms with Crippen molar-refractivity contribution in [2.45, 2.75) is 52.7 Å². The predicted molar refractivity (Wildman–Crippen MR) is 99.2 cm³/mol. The van der Waals surface area contributed by atoms with E-state index in [1.807, 2.05) is 6.34 Å². The number of ether oxygens (including phenoxy) is 3. The van der Waals surface area contributed by atoms with Gasteiger partial charge in [-0.3, -0.25) is 4.99 Å². The van der Waals surface area contributed by atoms with E-state index in [-0.39, 0.29) is 30.5 Å². The van der Waals surface area contributed by atoms with Gasteiger partial charge in [-0.2, -0.15) is 5.56 Å². The first-order valence-corrected chi connectivity index (χ1v) is 9.02. The molecule has 0 fully saturated rings. The van der Waals surface area contributed by atoms with Crippen LogP contribution in [0.25, 0.3) is 0 Å². The van der Waals surface area contributed by atoms with Crippen LogP contribution in [0.3, 0.4) is 0 Å². The molecule has 0 saturated carbocycles. The Morgan fingerprint density at radius 3 is 2.62 bits per heavy atom. The molecule has 5 nitrogen and oxygen atoms in total. The molecule has 3 rings (SSSR count). The number of benzene rings is 1. The summed E-state index contributed by atoms with van der Waals surface area (Å²) in [5.74, 6) is 2.12. The van der Waals surface area contributed by atoms with Crippen molar-refractivity contribution in [3.05, 3.63) is 29.8 Å². The molecule has 0 aromatic heterocycles. The second-order valence-corrected chi connectivity index (χ2v) is 8.02. The van der Waals surface area contributed by atoms with E-state index in [0.29, 0.717) is 19.3 Å². The van der Waals surface area contributed by atoms with Crippen molar-refractivity contribution in [3.63, 3.8) is 0 Å². The summed E-state index contributed by atoms with van der Waals surface area (Å²) in [6, 6.07) is 4.31. The summed E-state index contributed by atoms with van der Waals surface area (Å²) in [7, 11) is 0. The SMILES string of the molecule is CC(C)[C@@H](COC(C)(C)C)N=CN1[CH-]c2cc3c(cc2CC1)OCO3.[Li+]. The van der Waals surface area contributed by atoms with Crippen LogP contribution < -0.4 is 28.3 Å². The van der Waals surface area contributed by atoms with E-state index in [2.05, 4.69) is 58.2 Å². The van der Waals surface area contributed by atoms with E-state index in [4.69, 9.17) is 19.2 Å². The zero-order chi connectivity index (χ0) is 18.0. The largest absolute Gasteiger partial charge is 1.00 e. The molecule has 0 amide bonds. The molecule has 1 atom stereocenters. The Bertz CT molecular complexity index is 641. The molecule has 2 aliphatic heterocycles. The van der Waals surface area contributed by atoms with Gasteiger partial charge in [-0.25, -0.2) is 0 Å². The van der Waals surface area contributed by atoms with Crippen LogP contribution in [-0.4, -0.2) is 42.8 Å². The Kier molecular flexibility index (Phi) is 6.96. The molecule has 0 aliphatic carbocycles. The molecule has 0 N–H and O–H groups in total. The fraction of sp³-hybridized carbons (Fsp3) is 0.600. The molecule has 0 saturated heterocycles. The van der Waals surface area contributed by atoms with E-state index in [1.54, 1.807) is 0 Å². The maximum absolute atomic E-state index is 5.93. The van der Waals surface area contributed by atoms with Crippen molar-refractivity contribution in [3.8, 4) is 11.5 Å². The molecule has 6 heteroatoms. The quantitative estimate of drug-likeness (QED) is 0.338. The molecule has 0 bridgehead atoms. The summed E-state index contributed by atoms with van der Waals surface area (Å²) in [5.41, 5.74) is 2.33. The number of rotatable bonds is 5. The second-order valence-electron chi connectivity index (χ2n) is 8.02. The maximum Gasteiger partial charge on any atom is 1.00 e. The van der Waals surface area contributed by atoms with E-state index < -0.39 is 0 Å². The van der Waals surface area contributed by atoms with Crippen LogP contribution in [0.15, 0.2) is 17.1 Å². The summed E-state index contributed by atoms with van der Waals surface area (Å²) >= 11 is 0. The van der Waals surface area contributed by atoms with Crippen molar-refractivity contribution in [2.24, 2.45) is 10.9 Å². The third kappa shape index (κ3) is 5.36. The van der Waals surface area contributed by atoms with E-state index in [9.17, 15) is 0 Å². The molecule has 2 heterocycles. The third-order valence-electron chi connectivity index (χ3n) is 4.44. The summed E-state index contributed by atoms with van der Waals surface area (Å²) < 4.78 is 16.9. The van der Waals surface area contributed by atoms with Gasteiger partial charge in [0.05, 0.1) is 24.6 Å². The van der Waals surface area contributed by atoms with Crippen LogP contribution in [0.4, 0.5) is 0 Å². The van der Waals surface area contributed by atoms with E-state index in [0.717, 1.165) is 24.5 Å². The molecule has 2 aliphatic rings. The zero-order valence-corrected chi connectivity index (χ0v) is 16.9. The minimum atomic E-state index is -0.138. The van der Waals surface area contributed by atoms with E-state index >= 15 is 0 Å². The normalized spacial score (nSPS) is 17.1. The Hall–Kier alpha value is -1.28. The number of hydrogen-bond donors (Lipinski definition) is 0. The minimum Gasteiger partial charge on any atom is -0.467 e. The van der Waals surface area contributed by atoms with Crippen molar-refractivity contribution < 1.29 is 33.1 Å². The van der Waals surface area contributed by atoms with Gasteiger partial charge in [-0.05, 0) is 26.7 Å². The number of aliphatic imine (C=N–C) groups is 1. The molecule has 0 spiro atoms. The smallest absolute Gasteiger partial charge is 0.467 e. The van der Waals surface area contributed by atoms with Gasteiger partial charge in [0, 0.05) is 6.54 Å². The van der Waals surface area contributed by atoms with Gasteiger partial charge < -0.3 is 19.1 Å². The average Bonchev–Trinajstić information content (AvgIpc) is 2.98. The van der Waals surface area contributed by atoms with E-state index in [1.165, 1.54) is 11.1 Å². The Morgan fingerprint density at radius 1 is 1.27 bits per heavy atom. The predicted octanol–water partition coefficient (Wildman–Crippen LogP) is 0.655. The van der Waals surface area contributed by atoms with Crippen LogP contribution in [0.1, 0.15) is 45.7 Å². The topological polar surface area (TPSA) is 43.3 Å². The molecule has 1 aromatic carbocycles. The van der Waals surface area contributed by atoms with Crippen LogP contribution in [0.2, 0.25) is 0 Å². The summed E-state index contributed by atoms with van der Waals surface area (Å²) in [5, 5.41) is 0. The first-order valence-electron chi connectivity index (χ1n) is 9.02. The third-order valence-corrected chi connectivity index (χ3v) is 4.44. The average molecular weight is 352 g/mol. The second kappa shape index (κ2) is 8.60. The Labute approximate surface area is 169 Å². The fourth-order valence-corrected chi connectivity index (χ4v) is 2.83. The molecule has 0 radical (unpaired) electrons. The van der Waals surface area contributed by atoms with Crippen molar-refractivity contribution >= 4 is 6.34 Å². The van der Waals surface area contributed by atoms with Gasteiger partial charge in [0.25, 0.3) is 0 Å². The van der Waals surface area contributed by atoms with Crippen LogP contribution >= 0.6 is 0 Å². The monoisotopic (exact) mass is 352 g/mol. The van der Waals surface area contributed by atoms with Gasteiger partial charge in [0.1, 0.15) is 11.5 Å². The van der Waals surface area contributed by atoms with Gasteiger partial charge in [-0.1, -0.05) is 32.9 Å². The molecule has 0 unspecified atom stereocenters. The first-order chi connectivity index (χ1) is 11.8. The standard InChI is InChI=1S/C20H29N2O3.Li/c1-14(2)17(11-25-20(3,4)5)21-12-22-7-6-15-8-18-19(24-13-23-18)9-16(15)10-22;/h8-10,12,14,17H,6-7,11,13H2,1-5H3;/q-1;+1/t17-;/m1./s1. The van der Waals surface area contributed by atoms with Crippen molar-refractivity contribution in [2.75, 3.05) is 19.9 Å². The number of hydrogen-bond acceptors (Lipinski definition) is 4. The summed E-state index contributed by atoms with van der Waals surface area (Å²) in [6.45, 7) is 14.6. The van der Waals surface area contributed by atoms with Crippen molar-refractivity contribution in [1.82, 2.24) is 4.90 Å². The first kappa shape index (κ1) is 21.0. The van der Waals surface area contributed by atoms with Crippen LogP contribution in [-0.2, 0) is 11.2 Å². The maximum atomic E-state index is 5.93. The van der Waals surface area contributed by atoms with Crippen LogP contribution in [0, 0.1) is 12.5 Å². The molecular formula is C20H29LiN2O3. The van der Waals surface area contributed by atoms with Crippen molar-refractivity contribution in [1.29, 1.82) is 0 Å². The molecular weight excluding hydrogens is 323 g/mol. The summed E-state index contributed by atoms with van der Waals surface area (Å²) in [4.78, 5) is 6.93. The molecule has 138 valence electrons. The fourth-order valence-electron chi connectivity index (χ4n) is 2.83. The van der Waals surface area contributed by atoms with Gasteiger partial charge in [-0.15, -0.1) is 11.6 Å². The molecule has 26 heavy (non-hydrogen) atoms. The van der Waals surface area contributed by atoms with Gasteiger partial charge in [0.15, 0.2) is 0 Å². The number of fused-ring (bicyclic) bond motifs is 2. The number of nitrogens with zero attached hydrogens (tertiary/aromatic N) is 2. The van der Waals surface area contributed by atoms with Gasteiger partial charge in [0.2, 0.25) is 6.79 Å². The summed E-state index contributed by atoms with van der Waals surface area (Å²) in [6.07, 6.45) is 2.92. The Balaban J connectivity index is 0.00000243. The van der Waals surface area contributed by atoms with Crippen LogP contribution in [0.5, 0.6) is 11.5 Å².